The summed E-state index contributed by atoms with van der Waals surface area (Å²) in [5.41, 5.74) is 0. The third-order valence-electron chi connectivity index (χ3n) is 4.08. The lowest BCUT2D eigenvalue weighted by atomic mass is 10.4. The summed E-state index contributed by atoms with van der Waals surface area (Å²) >= 11 is 0. The van der Waals surface area contributed by atoms with E-state index in [-0.39, 0.29) is 5.75 Å². The summed E-state index contributed by atoms with van der Waals surface area (Å²) in [5.74, 6) is 1.58. The fourth-order valence-corrected chi connectivity index (χ4v) is 3.80. The highest BCUT2D eigenvalue weighted by Gasteiger charge is 2.34. The zero-order valence-corrected chi connectivity index (χ0v) is 11.8. The Bertz CT molecular complexity index is 370. The van der Waals surface area contributed by atoms with Crippen molar-refractivity contribution >= 4 is 10.0 Å². The van der Waals surface area contributed by atoms with E-state index in [0.29, 0.717) is 24.4 Å². The summed E-state index contributed by atoms with van der Waals surface area (Å²) in [6.07, 6.45) is 7.31. The average Bonchev–Trinajstić information content (AvgIpc) is 3.11. The van der Waals surface area contributed by atoms with E-state index in [9.17, 15) is 8.42 Å². The first kappa shape index (κ1) is 12.9. The minimum Gasteiger partial charge on any atom is -0.313 e. The number of hydrogen-bond donors (Lipinski definition) is 1. The van der Waals surface area contributed by atoms with Gasteiger partial charge in [-0.1, -0.05) is 0 Å². The zero-order valence-electron chi connectivity index (χ0n) is 11.0. The van der Waals surface area contributed by atoms with E-state index in [1.54, 1.807) is 4.31 Å². The van der Waals surface area contributed by atoms with Crippen LogP contribution in [0.15, 0.2) is 0 Å². The van der Waals surface area contributed by atoms with Crippen LogP contribution in [0.4, 0.5) is 0 Å². The van der Waals surface area contributed by atoms with Crippen molar-refractivity contribution in [1.29, 1.82) is 0 Å². The number of rotatable bonds is 9. The third kappa shape index (κ3) is 3.93. The lowest BCUT2D eigenvalue weighted by Crippen LogP contribution is -2.39. The predicted octanol–water partition coefficient (Wildman–Crippen LogP) is 1.19. The first-order valence-corrected chi connectivity index (χ1v) is 8.95. The lowest BCUT2D eigenvalue weighted by molar-refractivity contribution is 0.381. The van der Waals surface area contributed by atoms with Crippen LogP contribution < -0.4 is 5.32 Å². The summed E-state index contributed by atoms with van der Waals surface area (Å²) < 4.78 is 26.5. The molecule has 0 radical (unpaired) electrons. The summed E-state index contributed by atoms with van der Waals surface area (Å²) in [6.45, 7) is 2.18. The molecule has 18 heavy (non-hydrogen) atoms. The van der Waals surface area contributed by atoms with Crippen molar-refractivity contribution in [3.63, 3.8) is 0 Å². The molecule has 0 aromatic heterocycles. The van der Waals surface area contributed by atoms with Crippen LogP contribution in [0.1, 0.15) is 38.5 Å². The highest BCUT2D eigenvalue weighted by molar-refractivity contribution is 7.89. The zero-order chi connectivity index (χ0) is 12.6. The molecule has 0 aromatic rings. The fraction of sp³-hybridized carbons (Fsp3) is 1.00. The molecule has 0 aliphatic heterocycles. The smallest absolute Gasteiger partial charge is 0.215 e. The van der Waals surface area contributed by atoms with Gasteiger partial charge in [0.05, 0.1) is 5.75 Å². The highest BCUT2D eigenvalue weighted by Crippen LogP contribution is 2.34. The van der Waals surface area contributed by atoms with Crippen molar-refractivity contribution in [1.82, 2.24) is 9.62 Å². The van der Waals surface area contributed by atoms with Crippen LogP contribution >= 0.6 is 0 Å². The van der Waals surface area contributed by atoms with Gasteiger partial charge in [-0.05, 0) is 50.4 Å². The van der Waals surface area contributed by atoms with Gasteiger partial charge in [0.2, 0.25) is 10.0 Å². The van der Waals surface area contributed by atoms with Gasteiger partial charge >= 0.3 is 0 Å². The molecule has 3 aliphatic rings. The minimum absolute atomic E-state index is 0.281. The number of nitrogens with one attached hydrogen (secondary N) is 1. The second-order valence-corrected chi connectivity index (χ2v) is 8.34. The molecule has 0 heterocycles. The van der Waals surface area contributed by atoms with Crippen LogP contribution in [0.3, 0.4) is 0 Å². The van der Waals surface area contributed by atoms with Gasteiger partial charge in [-0.15, -0.1) is 0 Å². The van der Waals surface area contributed by atoms with Gasteiger partial charge in [-0.3, -0.25) is 0 Å². The maximum atomic E-state index is 12.3. The molecule has 1 N–H and O–H groups in total. The molecule has 5 heteroatoms. The van der Waals surface area contributed by atoms with E-state index >= 15 is 0 Å². The van der Waals surface area contributed by atoms with Crippen molar-refractivity contribution in [3.05, 3.63) is 0 Å². The lowest BCUT2D eigenvalue weighted by Gasteiger charge is -2.22. The van der Waals surface area contributed by atoms with Crippen LogP contribution in [-0.4, -0.2) is 44.2 Å². The average molecular weight is 272 g/mol. The van der Waals surface area contributed by atoms with Crippen molar-refractivity contribution in [2.75, 3.05) is 25.4 Å². The maximum absolute atomic E-state index is 12.3. The summed E-state index contributed by atoms with van der Waals surface area (Å²) in [6, 6.07) is 0.598. The molecule has 3 fully saturated rings. The predicted molar refractivity (Wildman–Crippen MR) is 71.8 cm³/mol. The van der Waals surface area contributed by atoms with Gasteiger partial charge in [0.15, 0.2) is 0 Å². The van der Waals surface area contributed by atoms with Crippen LogP contribution in [0, 0.1) is 11.8 Å². The van der Waals surface area contributed by atoms with Crippen molar-refractivity contribution < 1.29 is 8.42 Å². The van der Waals surface area contributed by atoms with Crippen molar-refractivity contribution in [2.45, 2.75) is 44.6 Å². The largest absolute Gasteiger partial charge is 0.313 e. The molecular weight excluding hydrogens is 248 g/mol. The third-order valence-corrected chi connectivity index (χ3v) is 5.89. The molecule has 3 aliphatic carbocycles. The van der Waals surface area contributed by atoms with Crippen LogP contribution in [0.5, 0.6) is 0 Å². The topological polar surface area (TPSA) is 49.4 Å². The molecule has 0 atom stereocenters. The Labute approximate surface area is 110 Å². The summed E-state index contributed by atoms with van der Waals surface area (Å²) in [5, 5.41) is 3.30. The Morgan fingerprint density at radius 2 is 1.50 bits per heavy atom. The van der Waals surface area contributed by atoms with Crippen LogP contribution in [0.2, 0.25) is 0 Å². The Morgan fingerprint density at radius 3 is 1.94 bits per heavy atom. The van der Waals surface area contributed by atoms with E-state index in [4.69, 9.17) is 0 Å². The monoisotopic (exact) mass is 272 g/mol. The van der Waals surface area contributed by atoms with E-state index in [0.717, 1.165) is 13.1 Å². The SMILES string of the molecule is O=S(=O)(CCNC1CC1)N(CC1CC1)CC1CC1. The molecule has 0 unspecified atom stereocenters. The van der Waals surface area contributed by atoms with Gasteiger partial charge in [-0.25, -0.2) is 12.7 Å². The minimum atomic E-state index is -3.03. The Kier molecular flexibility index (Phi) is 3.65. The first-order valence-electron chi connectivity index (χ1n) is 7.35. The molecule has 4 nitrogen and oxygen atoms in total. The number of hydrogen-bond acceptors (Lipinski definition) is 3. The molecule has 3 rings (SSSR count). The molecule has 0 bridgehead atoms. The number of nitrogens with zero attached hydrogens (tertiary/aromatic N) is 1. The van der Waals surface area contributed by atoms with Crippen LogP contribution in [0.25, 0.3) is 0 Å². The first-order chi connectivity index (χ1) is 8.63. The van der Waals surface area contributed by atoms with E-state index < -0.39 is 10.0 Å². The van der Waals surface area contributed by atoms with E-state index in [1.165, 1.54) is 38.5 Å². The molecule has 0 saturated heterocycles. The second kappa shape index (κ2) is 5.10. The van der Waals surface area contributed by atoms with Gasteiger partial charge in [-0.2, -0.15) is 0 Å². The van der Waals surface area contributed by atoms with E-state index in [2.05, 4.69) is 5.32 Å². The molecule has 104 valence electrons. The Morgan fingerprint density at radius 1 is 0.944 bits per heavy atom. The van der Waals surface area contributed by atoms with Gasteiger partial charge in [0.1, 0.15) is 0 Å². The quantitative estimate of drug-likeness (QED) is 0.686. The standard InChI is InChI=1S/C13H24N2O2S/c16-18(17,8-7-14-13-5-6-13)15(9-11-1-2-11)10-12-3-4-12/h11-14H,1-10H2. The molecule has 0 amide bonds. The summed E-state index contributed by atoms with van der Waals surface area (Å²) in [7, 11) is -3.03. The van der Waals surface area contributed by atoms with Crippen molar-refractivity contribution in [2.24, 2.45) is 11.8 Å². The normalized spacial score (nSPS) is 24.7. The number of sulfonamides is 1. The maximum Gasteiger partial charge on any atom is 0.215 e. The highest BCUT2D eigenvalue weighted by atomic mass is 32.2. The Hall–Kier alpha value is -0.130. The van der Waals surface area contributed by atoms with E-state index in [1.807, 2.05) is 0 Å². The summed E-state index contributed by atoms with van der Waals surface area (Å²) in [4.78, 5) is 0. The van der Waals surface area contributed by atoms with Crippen LogP contribution in [-0.2, 0) is 10.0 Å². The second-order valence-electron chi connectivity index (χ2n) is 6.25. The molecule has 3 saturated carbocycles. The molecule has 0 aromatic carbocycles. The molecular formula is C13H24N2O2S. The molecule has 0 spiro atoms. The fourth-order valence-electron chi connectivity index (χ4n) is 2.29. The van der Waals surface area contributed by atoms with Gasteiger partial charge in [0, 0.05) is 25.7 Å². The van der Waals surface area contributed by atoms with Crippen molar-refractivity contribution in [3.8, 4) is 0 Å². The van der Waals surface area contributed by atoms with Gasteiger partial charge in [0.25, 0.3) is 0 Å². The Balaban J connectivity index is 1.50. The van der Waals surface area contributed by atoms with Gasteiger partial charge < -0.3 is 5.32 Å².